The molecule has 88 valence electrons. The first kappa shape index (κ1) is 12.4. The number of carbonyl (C=O) groups excluding carboxylic acids is 1. The first-order chi connectivity index (χ1) is 7.44. The molecule has 1 rings (SSSR count). The molecule has 1 heterocycles. The first-order valence-electron chi connectivity index (χ1n) is 5.12. The predicted molar refractivity (Wildman–Crippen MR) is 62.2 cm³/mol. The molecular weight excluding hydrogens is 206 g/mol. The Morgan fingerprint density at radius 3 is 2.75 bits per heavy atom. The van der Waals surface area contributed by atoms with Gasteiger partial charge in [-0.15, -0.1) is 0 Å². The summed E-state index contributed by atoms with van der Waals surface area (Å²) in [5.74, 6) is -0.292. The van der Waals surface area contributed by atoms with Crippen molar-refractivity contribution in [3.63, 3.8) is 0 Å². The van der Waals surface area contributed by atoms with Crippen molar-refractivity contribution in [3.05, 3.63) is 34.2 Å². The molecule has 0 atom stereocenters. The molecule has 0 aromatic carbocycles. The molecule has 0 aliphatic heterocycles. The number of nitrogens with two attached hydrogens (primary N) is 1. The van der Waals surface area contributed by atoms with Gasteiger partial charge >= 0.3 is 0 Å². The molecular formula is C11H17N3O2. The number of pyridine rings is 1. The lowest BCUT2D eigenvalue weighted by molar-refractivity contribution is 0.0932. The molecule has 16 heavy (non-hydrogen) atoms. The second-order valence-corrected chi connectivity index (χ2v) is 4.48. The molecule has 0 aliphatic rings. The highest BCUT2D eigenvalue weighted by Crippen LogP contribution is 2.10. The van der Waals surface area contributed by atoms with Crippen molar-refractivity contribution in [2.24, 2.45) is 11.1 Å². The molecule has 1 amide bonds. The summed E-state index contributed by atoms with van der Waals surface area (Å²) in [5.41, 5.74) is 5.38. The molecule has 0 fully saturated rings. The van der Waals surface area contributed by atoms with E-state index in [0.717, 1.165) is 0 Å². The van der Waals surface area contributed by atoms with Crippen molar-refractivity contribution in [2.45, 2.75) is 13.8 Å². The maximum Gasteiger partial charge on any atom is 0.267 e. The lowest BCUT2D eigenvalue weighted by atomic mass is 9.94. The van der Waals surface area contributed by atoms with Gasteiger partial charge in [0.15, 0.2) is 0 Å². The topological polar surface area (TPSA) is 88.0 Å². The van der Waals surface area contributed by atoms with Crippen LogP contribution in [0.15, 0.2) is 23.0 Å². The van der Waals surface area contributed by atoms with Crippen molar-refractivity contribution < 1.29 is 4.79 Å². The Morgan fingerprint density at radius 2 is 2.19 bits per heavy atom. The zero-order valence-electron chi connectivity index (χ0n) is 9.54. The maximum absolute atomic E-state index is 11.6. The van der Waals surface area contributed by atoms with Crippen LogP contribution in [0.4, 0.5) is 0 Å². The predicted octanol–water partition coefficient (Wildman–Crippen LogP) is 0.0896. The molecule has 0 spiro atoms. The molecule has 0 saturated heterocycles. The van der Waals surface area contributed by atoms with Crippen molar-refractivity contribution >= 4 is 5.91 Å². The Morgan fingerprint density at radius 1 is 1.50 bits per heavy atom. The SMILES string of the molecule is CC(C)(CN)CNC(=O)c1cccc(=O)[nH]1. The van der Waals surface area contributed by atoms with E-state index < -0.39 is 0 Å². The number of aromatic nitrogens is 1. The standard InChI is InChI=1S/C11H17N3O2/c1-11(2,6-12)7-13-10(16)8-4-3-5-9(15)14-8/h3-5H,6-7,12H2,1-2H3,(H,13,16)(H,14,15). The smallest absolute Gasteiger partial charge is 0.267 e. The van der Waals surface area contributed by atoms with Crippen LogP contribution in [0.5, 0.6) is 0 Å². The summed E-state index contributed by atoms with van der Waals surface area (Å²) in [6.45, 7) is 4.87. The van der Waals surface area contributed by atoms with Crippen LogP contribution in [-0.4, -0.2) is 24.0 Å². The fraction of sp³-hybridized carbons (Fsp3) is 0.455. The van der Waals surface area contributed by atoms with E-state index in [1.165, 1.54) is 6.07 Å². The van der Waals surface area contributed by atoms with Crippen molar-refractivity contribution in [1.29, 1.82) is 0 Å². The fourth-order valence-corrected chi connectivity index (χ4v) is 1.07. The van der Waals surface area contributed by atoms with E-state index >= 15 is 0 Å². The first-order valence-corrected chi connectivity index (χ1v) is 5.12. The van der Waals surface area contributed by atoms with Gasteiger partial charge in [0.25, 0.3) is 5.91 Å². The molecule has 1 aromatic rings. The average Bonchev–Trinajstić information content (AvgIpc) is 2.26. The number of rotatable bonds is 4. The second kappa shape index (κ2) is 4.94. The number of amides is 1. The summed E-state index contributed by atoms with van der Waals surface area (Å²) < 4.78 is 0. The van der Waals surface area contributed by atoms with Crippen LogP contribution in [0.3, 0.4) is 0 Å². The number of hydrogen-bond acceptors (Lipinski definition) is 3. The lowest BCUT2D eigenvalue weighted by Crippen LogP contribution is -2.39. The summed E-state index contributed by atoms with van der Waals surface area (Å²) in [5, 5.41) is 2.73. The van der Waals surface area contributed by atoms with Crippen LogP contribution < -0.4 is 16.6 Å². The van der Waals surface area contributed by atoms with Crippen LogP contribution in [0.2, 0.25) is 0 Å². The second-order valence-electron chi connectivity index (χ2n) is 4.48. The van der Waals surface area contributed by atoms with E-state index in [0.29, 0.717) is 13.1 Å². The van der Waals surface area contributed by atoms with E-state index in [1.807, 2.05) is 13.8 Å². The molecule has 0 aliphatic carbocycles. The Bertz CT molecular complexity index is 423. The van der Waals surface area contributed by atoms with Crippen LogP contribution in [-0.2, 0) is 0 Å². The monoisotopic (exact) mass is 223 g/mol. The number of carbonyl (C=O) groups is 1. The highest BCUT2D eigenvalue weighted by Gasteiger charge is 2.17. The minimum absolute atomic E-state index is 0.148. The third-order valence-corrected chi connectivity index (χ3v) is 2.29. The normalized spacial score (nSPS) is 11.2. The quantitative estimate of drug-likeness (QED) is 0.676. The van der Waals surface area contributed by atoms with E-state index in [9.17, 15) is 9.59 Å². The van der Waals surface area contributed by atoms with Gasteiger partial charge in [-0.2, -0.15) is 0 Å². The molecule has 4 N–H and O–H groups in total. The zero-order valence-corrected chi connectivity index (χ0v) is 9.54. The number of aromatic amines is 1. The summed E-state index contributed by atoms with van der Waals surface area (Å²) in [4.78, 5) is 25.1. The average molecular weight is 223 g/mol. The largest absolute Gasteiger partial charge is 0.350 e. The molecule has 0 saturated carbocycles. The van der Waals surface area contributed by atoms with Gasteiger partial charge in [0.1, 0.15) is 5.69 Å². The molecule has 1 aromatic heterocycles. The summed E-state index contributed by atoms with van der Waals surface area (Å²) in [6, 6.07) is 4.47. The molecule has 0 unspecified atom stereocenters. The highest BCUT2D eigenvalue weighted by molar-refractivity contribution is 5.92. The lowest BCUT2D eigenvalue weighted by Gasteiger charge is -2.22. The van der Waals surface area contributed by atoms with Gasteiger partial charge in [-0.05, 0) is 18.0 Å². The van der Waals surface area contributed by atoms with Crippen molar-refractivity contribution in [1.82, 2.24) is 10.3 Å². The maximum atomic E-state index is 11.6. The van der Waals surface area contributed by atoms with E-state index in [1.54, 1.807) is 12.1 Å². The van der Waals surface area contributed by atoms with Gasteiger partial charge < -0.3 is 16.0 Å². The Labute approximate surface area is 94.1 Å². The van der Waals surface area contributed by atoms with Crippen LogP contribution in [0.1, 0.15) is 24.3 Å². The molecule has 5 nitrogen and oxygen atoms in total. The van der Waals surface area contributed by atoms with Crippen LogP contribution >= 0.6 is 0 Å². The number of hydrogen-bond donors (Lipinski definition) is 3. The Hall–Kier alpha value is -1.62. The van der Waals surface area contributed by atoms with Gasteiger partial charge in [0.05, 0.1) is 0 Å². The minimum atomic E-state index is -0.292. The molecule has 5 heteroatoms. The molecule has 0 radical (unpaired) electrons. The number of nitrogens with one attached hydrogen (secondary N) is 2. The van der Waals surface area contributed by atoms with E-state index in [2.05, 4.69) is 10.3 Å². The van der Waals surface area contributed by atoms with Gasteiger partial charge in [-0.25, -0.2) is 0 Å². The van der Waals surface area contributed by atoms with E-state index in [4.69, 9.17) is 5.73 Å². The Balaban J connectivity index is 2.63. The van der Waals surface area contributed by atoms with E-state index in [-0.39, 0.29) is 22.6 Å². The van der Waals surface area contributed by atoms with Gasteiger partial charge in [0.2, 0.25) is 5.56 Å². The van der Waals surface area contributed by atoms with Crippen LogP contribution in [0.25, 0.3) is 0 Å². The highest BCUT2D eigenvalue weighted by atomic mass is 16.2. The van der Waals surface area contributed by atoms with Gasteiger partial charge in [-0.1, -0.05) is 19.9 Å². The van der Waals surface area contributed by atoms with Crippen LogP contribution in [0, 0.1) is 5.41 Å². The van der Waals surface area contributed by atoms with Crippen molar-refractivity contribution in [2.75, 3.05) is 13.1 Å². The third-order valence-electron chi connectivity index (χ3n) is 2.29. The summed E-state index contributed by atoms with van der Waals surface area (Å²) in [7, 11) is 0. The Kier molecular flexibility index (Phi) is 3.84. The van der Waals surface area contributed by atoms with Crippen molar-refractivity contribution in [3.8, 4) is 0 Å². The number of H-pyrrole nitrogens is 1. The zero-order chi connectivity index (χ0) is 12.2. The van der Waals surface area contributed by atoms with Gasteiger partial charge in [-0.3, -0.25) is 9.59 Å². The third kappa shape index (κ3) is 3.51. The summed E-state index contributed by atoms with van der Waals surface area (Å²) >= 11 is 0. The fourth-order valence-electron chi connectivity index (χ4n) is 1.07. The molecule has 0 bridgehead atoms. The minimum Gasteiger partial charge on any atom is -0.350 e. The summed E-state index contributed by atoms with van der Waals surface area (Å²) in [6.07, 6.45) is 0. The van der Waals surface area contributed by atoms with Gasteiger partial charge in [0, 0.05) is 12.6 Å².